The van der Waals surface area contributed by atoms with Gasteiger partial charge in [0, 0.05) is 31.0 Å². The topological polar surface area (TPSA) is 49.8 Å². The Labute approximate surface area is 85.2 Å². The zero-order valence-electron chi connectivity index (χ0n) is 8.88. The number of hydrogen-bond donors (Lipinski definition) is 2. The van der Waals surface area contributed by atoms with Crippen molar-refractivity contribution < 1.29 is 0 Å². The molecule has 1 rings (SSSR count). The van der Waals surface area contributed by atoms with Crippen LogP contribution in [0, 0.1) is 0 Å². The molecule has 14 heavy (non-hydrogen) atoms. The number of rotatable bonds is 6. The van der Waals surface area contributed by atoms with Crippen LogP contribution in [0.3, 0.4) is 0 Å². The maximum Gasteiger partial charge on any atom is 0.222 e. The van der Waals surface area contributed by atoms with Gasteiger partial charge in [0.2, 0.25) is 5.95 Å². The summed E-state index contributed by atoms with van der Waals surface area (Å²) in [5.74, 6) is 0.701. The third-order valence-electron chi connectivity index (χ3n) is 1.80. The van der Waals surface area contributed by atoms with Crippen molar-refractivity contribution in [3.63, 3.8) is 0 Å². The smallest absolute Gasteiger partial charge is 0.222 e. The van der Waals surface area contributed by atoms with E-state index in [1.165, 1.54) is 0 Å². The molecule has 0 radical (unpaired) electrons. The molecule has 0 unspecified atom stereocenters. The first-order valence-corrected chi connectivity index (χ1v) is 5.12. The molecule has 4 heteroatoms. The number of nitrogens with one attached hydrogen (secondary N) is 2. The van der Waals surface area contributed by atoms with Crippen molar-refractivity contribution in [1.82, 2.24) is 15.3 Å². The molecule has 78 valence electrons. The Kier molecular flexibility index (Phi) is 4.93. The highest BCUT2D eigenvalue weighted by Gasteiger charge is 1.95. The first-order chi connectivity index (χ1) is 6.86. The maximum atomic E-state index is 4.18. The van der Waals surface area contributed by atoms with Crippen LogP contribution < -0.4 is 10.6 Å². The molecule has 1 aromatic rings. The van der Waals surface area contributed by atoms with Crippen LogP contribution in [-0.2, 0) is 6.54 Å². The third-order valence-corrected chi connectivity index (χ3v) is 1.80. The van der Waals surface area contributed by atoms with Gasteiger partial charge in [0.05, 0.1) is 0 Å². The highest BCUT2D eigenvalue weighted by Crippen LogP contribution is 1.99. The Balaban J connectivity index is 2.38. The van der Waals surface area contributed by atoms with Crippen LogP contribution in [0.25, 0.3) is 0 Å². The lowest BCUT2D eigenvalue weighted by atomic mass is 10.3. The maximum absolute atomic E-state index is 4.18. The van der Waals surface area contributed by atoms with Crippen molar-refractivity contribution in [3.8, 4) is 0 Å². The molecule has 0 fully saturated rings. The molecule has 0 bridgehead atoms. The highest BCUT2D eigenvalue weighted by atomic mass is 15.1. The van der Waals surface area contributed by atoms with Gasteiger partial charge in [0.15, 0.2) is 0 Å². The van der Waals surface area contributed by atoms with Crippen molar-refractivity contribution >= 4 is 5.95 Å². The van der Waals surface area contributed by atoms with Crippen LogP contribution in [0.5, 0.6) is 0 Å². The minimum atomic E-state index is 0.701. The summed E-state index contributed by atoms with van der Waals surface area (Å²) in [4.78, 5) is 8.37. The van der Waals surface area contributed by atoms with E-state index in [1.54, 1.807) is 0 Å². The lowest BCUT2D eigenvalue weighted by molar-refractivity contribution is 0.672. The summed E-state index contributed by atoms with van der Waals surface area (Å²) >= 11 is 0. The normalized spacial score (nSPS) is 10.1. The fourth-order valence-electron chi connectivity index (χ4n) is 1.10. The van der Waals surface area contributed by atoms with Gasteiger partial charge in [-0.3, -0.25) is 0 Å². The molecule has 0 saturated carbocycles. The fourth-order valence-corrected chi connectivity index (χ4v) is 1.10. The molecule has 0 aromatic carbocycles. The van der Waals surface area contributed by atoms with Gasteiger partial charge in [-0.15, -0.1) is 0 Å². The van der Waals surface area contributed by atoms with Gasteiger partial charge in [-0.2, -0.15) is 0 Å². The number of anilines is 1. The Hall–Kier alpha value is -1.16. The van der Waals surface area contributed by atoms with E-state index in [0.29, 0.717) is 5.95 Å². The van der Waals surface area contributed by atoms with E-state index in [1.807, 2.05) is 19.3 Å². The first kappa shape index (κ1) is 10.9. The van der Waals surface area contributed by atoms with Crippen LogP contribution in [0.15, 0.2) is 12.4 Å². The highest BCUT2D eigenvalue weighted by molar-refractivity contribution is 5.24. The van der Waals surface area contributed by atoms with Crippen molar-refractivity contribution in [2.24, 2.45) is 0 Å². The van der Waals surface area contributed by atoms with E-state index in [4.69, 9.17) is 0 Å². The number of aromatic nitrogens is 2. The van der Waals surface area contributed by atoms with Crippen molar-refractivity contribution in [2.75, 3.05) is 18.4 Å². The van der Waals surface area contributed by atoms with Gasteiger partial charge < -0.3 is 10.6 Å². The summed E-state index contributed by atoms with van der Waals surface area (Å²) in [6.07, 6.45) is 4.86. The molecule has 0 saturated heterocycles. The zero-order chi connectivity index (χ0) is 10.2. The quantitative estimate of drug-likeness (QED) is 0.672. The molecule has 4 nitrogen and oxygen atoms in total. The van der Waals surface area contributed by atoms with Crippen LogP contribution in [0.1, 0.15) is 25.8 Å². The monoisotopic (exact) mass is 194 g/mol. The second kappa shape index (κ2) is 6.32. The average Bonchev–Trinajstić information content (AvgIpc) is 2.21. The van der Waals surface area contributed by atoms with Crippen LogP contribution in [0.4, 0.5) is 5.95 Å². The predicted octanol–water partition coefficient (Wildman–Crippen LogP) is 1.41. The standard InChI is InChI=1S/C10H18N4/c1-3-5-11-6-9-7-13-10(12-4-2)14-8-9/h7-8,11H,3-6H2,1-2H3,(H,12,13,14). The third kappa shape index (κ3) is 3.70. The van der Waals surface area contributed by atoms with Crippen LogP contribution in [0.2, 0.25) is 0 Å². The van der Waals surface area contributed by atoms with Gasteiger partial charge in [-0.1, -0.05) is 6.92 Å². The van der Waals surface area contributed by atoms with Gasteiger partial charge in [-0.05, 0) is 19.9 Å². The van der Waals surface area contributed by atoms with Crippen molar-refractivity contribution in [2.45, 2.75) is 26.8 Å². The fraction of sp³-hybridized carbons (Fsp3) is 0.600. The lowest BCUT2D eigenvalue weighted by Crippen LogP contribution is -2.14. The van der Waals surface area contributed by atoms with Crippen LogP contribution in [-0.4, -0.2) is 23.1 Å². The van der Waals surface area contributed by atoms with E-state index in [-0.39, 0.29) is 0 Å². The summed E-state index contributed by atoms with van der Waals surface area (Å²) < 4.78 is 0. The number of hydrogen-bond acceptors (Lipinski definition) is 4. The molecular formula is C10H18N4. The number of nitrogens with zero attached hydrogens (tertiary/aromatic N) is 2. The molecular weight excluding hydrogens is 176 g/mol. The molecule has 0 spiro atoms. The predicted molar refractivity (Wildman–Crippen MR) is 58.2 cm³/mol. The van der Waals surface area contributed by atoms with Gasteiger partial charge in [0.25, 0.3) is 0 Å². The van der Waals surface area contributed by atoms with E-state index >= 15 is 0 Å². The minimum absolute atomic E-state index is 0.701. The first-order valence-electron chi connectivity index (χ1n) is 5.12. The molecule has 0 aliphatic carbocycles. The SMILES string of the molecule is CCCNCc1cnc(NCC)nc1. The van der Waals surface area contributed by atoms with Crippen molar-refractivity contribution in [1.29, 1.82) is 0 Å². The van der Waals surface area contributed by atoms with Gasteiger partial charge in [0.1, 0.15) is 0 Å². The summed E-state index contributed by atoms with van der Waals surface area (Å²) in [7, 11) is 0. The Bertz CT molecular complexity index is 245. The summed E-state index contributed by atoms with van der Waals surface area (Å²) in [5, 5.41) is 6.36. The minimum Gasteiger partial charge on any atom is -0.355 e. The molecule has 0 atom stereocenters. The van der Waals surface area contributed by atoms with Gasteiger partial charge in [-0.25, -0.2) is 9.97 Å². The Morgan fingerprint density at radius 1 is 1.21 bits per heavy atom. The summed E-state index contributed by atoms with van der Waals surface area (Å²) in [5.41, 5.74) is 1.13. The van der Waals surface area contributed by atoms with Gasteiger partial charge >= 0.3 is 0 Å². The average molecular weight is 194 g/mol. The second-order valence-electron chi connectivity index (χ2n) is 3.12. The molecule has 0 amide bonds. The molecule has 1 aromatic heterocycles. The summed E-state index contributed by atoms with van der Waals surface area (Å²) in [6.45, 7) is 6.92. The molecule has 1 heterocycles. The molecule has 0 aliphatic heterocycles. The molecule has 2 N–H and O–H groups in total. The summed E-state index contributed by atoms with van der Waals surface area (Å²) in [6, 6.07) is 0. The van der Waals surface area contributed by atoms with E-state index in [9.17, 15) is 0 Å². The van der Waals surface area contributed by atoms with E-state index in [2.05, 4.69) is 27.5 Å². The largest absolute Gasteiger partial charge is 0.355 e. The van der Waals surface area contributed by atoms with E-state index < -0.39 is 0 Å². The lowest BCUT2D eigenvalue weighted by Gasteiger charge is -2.04. The van der Waals surface area contributed by atoms with Crippen molar-refractivity contribution in [3.05, 3.63) is 18.0 Å². The second-order valence-corrected chi connectivity index (χ2v) is 3.12. The Morgan fingerprint density at radius 3 is 2.50 bits per heavy atom. The van der Waals surface area contributed by atoms with E-state index in [0.717, 1.165) is 31.6 Å². The Morgan fingerprint density at radius 2 is 1.93 bits per heavy atom. The molecule has 0 aliphatic rings. The van der Waals surface area contributed by atoms with Crippen LogP contribution >= 0.6 is 0 Å². The zero-order valence-corrected chi connectivity index (χ0v) is 8.88.